The van der Waals surface area contributed by atoms with Crippen LogP contribution in [0.1, 0.15) is 49.9 Å². The standard InChI is InChI=1S/C14H20O3/c1-3-17-14(7-4-11(2)5-8-14)13(15)12-6-9-16-10-12/h6,9-11H,3-5,7-8H2,1-2H3. The molecule has 0 aliphatic heterocycles. The zero-order chi connectivity index (χ0) is 12.3. The van der Waals surface area contributed by atoms with Gasteiger partial charge in [-0.15, -0.1) is 0 Å². The Morgan fingerprint density at radius 3 is 2.76 bits per heavy atom. The Kier molecular flexibility index (Phi) is 3.67. The zero-order valence-corrected chi connectivity index (χ0v) is 10.6. The van der Waals surface area contributed by atoms with E-state index in [1.54, 1.807) is 12.3 Å². The number of Topliss-reactive ketones (excluding diaryl/α,β-unsaturated/α-hetero) is 1. The van der Waals surface area contributed by atoms with Crippen LogP contribution >= 0.6 is 0 Å². The van der Waals surface area contributed by atoms with Crippen LogP contribution in [0.4, 0.5) is 0 Å². The average Bonchev–Trinajstić information content (AvgIpc) is 2.85. The summed E-state index contributed by atoms with van der Waals surface area (Å²) in [6.45, 7) is 4.76. The highest BCUT2D eigenvalue weighted by molar-refractivity contribution is 6.02. The molecule has 2 rings (SSSR count). The van der Waals surface area contributed by atoms with Crippen molar-refractivity contribution in [2.24, 2.45) is 5.92 Å². The van der Waals surface area contributed by atoms with Gasteiger partial charge in [0, 0.05) is 6.61 Å². The fraction of sp³-hybridized carbons (Fsp3) is 0.643. The summed E-state index contributed by atoms with van der Waals surface area (Å²) in [4.78, 5) is 12.5. The van der Waals surface area contributed by atoms with E-state index in [1.165, 1.54) is 6.26 Å². The number of hydrogen-bond donors (Lipinski definition) is 0. The van der Waals surface area contributed by atoms with E-state index in [4.69, 9.17) is 9.15 Å². The Morgan fingerprint density at radius 1 is 1.53 bits per heavy atom. The lowest BCUT2D eigenvalue weighted by atomic mass is 9.76. The first kappa shape index (κ1) is 12.4. The SMILES string of the molecule is CCOC1(C(=O)c2ccoc2)CCC(C)CC1. The molecule has 17 heavy (non-hydrogen) atoms. The fourth-order valence-corrected chi connectivity index (χ4v) is 2.60. The van der Waals surface area contributed by atoms with Crippen LogP contribution in [0.25, 0.3) is 0 Å². The predicted molar refractivity (Wildman–Crippen MR) is 65.0 cm³/mol. The van der Waals surface area contributed by atoms with Crippen molar-refractivity contribution in [2.45, 2.75) is 45.1 Å². The lowest BCUT2D eigenvalue weighted by Crippen LogP contribution is -2.44. The molecule has 0 bridgehead atoms. The monoisotopic (exact) mass is 236 g/mol. The summed E-state index contributed by atoms with van der Waals surface area (Å²) in [5, 5.41) is 0. The van der Waals surface area contributed by atoms with Crippen LogP contribution in [0, 0.1) is 5.92 Å². The van der Waals surface area contributed by atoms with Gasteiger partial charge in [0.05, 0.1) is 11.8 Å². The fourth-order valence-electron chi connectivity index (χ4n) is 2.60. The largest absolute Gasteiger partial charge is 0.472 e. The maximum Gasteiger partial charge on any atom is 0.197 e. The number of furan rings is 1. The molecule has 0 unspecified atom stereocenters. The molecule has 0 radical (unpaired) electrons. The van der Waals surface area contributed by atoms with Crippen LogP contribution < -0.4 is 0 Å². The third-order valence-electron chi connectivity index (χ3n) is 3.70. The summed E-state index contributed by atoms with van der Waals surface area (Å²) in [5.74, 6) is 0.778. The topological polar surface area (TPSA) is 39.4 Å². The lowest BCUT2D eigenvalue weighted by Gasteiger charge is -2.37. The van der Waals surface area contributed by atoms with Crippen LogP contribution in [-0.2, 0) is 4.74 Å². The van der Waals surface area contributed by atoms with E-state index in [1.807, 2.05) is 6.92 Å². The summed E-state index contributed by atoms with van der Waals surface area (Å²) >= 11 is 0. The molecule has 94 valence electrons. The average molecular weight is 236 g/mol. The molecule has 3 nitrogen and oxygen atoms in total. The Bertz CT molecular complexity index is 359. The van der Waals surface area contributed by atoms with Crippen LogP contribution in [0.2, 0.25) is 0 Å². The van der Waals surface area contributed by atoms with E-state index < -0.39 is 5.60 Å². The highest BCUT2D eigenvalue weighted by Gasteiger charge is 2.42. The van der Waals surface area contributed by atoms with E-state index in [-0.39, 0.29) is 5.78 Å². The molecule has 0 saturated heterocycles. The van der Waals surface area contributed by atoms with E-state index in [9.17, 15) is 4.79 Å². The zero-order valence-electron chi connectivity index (χ0n) is 10.6. The first-order valence-corrected chi connectivity index (χ1v) is 6.39. The molecule has 1 aliphatic rings. The first-order valence-electron chi connectivity index (χ1n) is 6.39. The number of hydrogen-bond acceptors (Lipinski definition) is 3. The number of rotatable bonds is 4. The van der Waals surface area contributed by atoms with Gasteiger partial charge in [0.15, 0.2) is 5.78 Å². The molecule has 0 atom stereocenters. The van der Waals surface area contributed by atoms with E-state index in [0.717, 1.165) is 25.7 Å². The highest BCUT2D eigenvalue weighted by atomic mass is 16.5. The highest BCUT2D eigenvalue weighted by Crippen LogP contribution is 2.37. The Balaban J connectivity index is 2.19. The van der Waals surface area contributed by atoms with E-state index in [2.05, 4.69) is 6.92 Å². The van der Waals surface area contributed by atoms with Crippen LogP contribution in [0.5, 0.6) is 0 Å². The molecule has 0 aromatic carbocycles. The number of ether oxygens (including phenoxy) is 1. The second-order valence-electron chi connectivity index (χ2n) is 4.95. The van der Waals surface area contributed by atoms with Crippen molar-refractivity contribution >= 4 is 5.78 Å². The van der Waals surface area contributed by atoms with Crippen LogP contribution in [0.3, 0.4) is 0 Å². The van der Waals surface area contributed by atoms with Gasteiger partial charge in [0.2, 0.25) is 0 Å². The summed E-state index contributed by atoms with van der Waals surface area (Å²) in [6.07, 6.45) is 6.82. The smallest absolute Gasteiger partial charge is 0.197 e. The van der Waals surface area contributed by atoms with Gasteiger partial charge in [0.25, 0.3) is 0 Å². The molecule has 1 aromatic heterocycles. The molecule has 1 fully saturated rings. The Labute approximate surface area is 102 Å². The number of carbonyl (C=O) groups excluding carboxylic acids is 1. The summed E-state index contributed by atoms with van der Waals surface area (Å²) in [7, 11) is 0. The van der Waals surface area contributed by atoms with E-state index in [0.29, 0.717) is 18.1 Å². The van der Waals surface area contributed by atoms with Gasteiger partial charge in [-0.25, -0.2) is 0 Å². The molecule has 1 aliphatic carbocycles. The summed E-state index contributed by atoms with van der Waals surface area (Å²) < 4.78 is 10.8. The normalized spacial score (nSPS) is 29.2. The quantitative estimate of drug-likeness (QED) is 0.752. The second kappa shape index (κ2) is 5.05. The summed E-state index contributed by atoms with van der Waals surface area (Å²) in [6, 6.07) is 1.72. The maximum atomic E-state index is 12.5. The van der Waals surface area contributed by atoms with Gasteiger partial charge in [0.1, 0.15) is 11.9 Å². The summed E-state index contributed by atoms with van der Waals surface area (Å²) in [5.41, 5.74) is 0.0264. The molecule has 0 amide bonds. The molecule has 3 heteroatoms. The van der Waals surface area contributed by atoms with Crippen molar-refractivity contribution in [3.05, 3.63) is 24.2 Å². The van der Waals surface area contributed by atoms with Crippen molar-refractivity contribution < 1.29 is 13.9 Å². The number of carbonyl (C=O) groups is 1. The molecular formula is C14H20O3. The van der Waals surface area contributed by atoms with Crippen molar-refractivity contribution in [3.63, 3.8) is 0 Å². The van der Waals surface area contributed by atoms with Crippen molar-refractivity contribution in [3.8, 4) is 0 Å². The van der Waals surface area contributed by atoms with E-state index >= 15 is 0 Å². The van der Waals surface area contributed by atoms with Gasteiger partial charge in [-0.3, -0.25) is 4.79 Å². The second-order valence-corrected chi connectivity index (χ2v) is 4.95. The molecule has 1 heterocycles. The van der Waals surface area contributed by atoms with Crippen LogP contribution in [-0.4, -0.2) is 18.0 Å². The molecule has 0 spiro atoms. The molecule has 1 saturated carbocycles. The maximum absolute atomic E-state index is 12.5. The minimum absolute atomic E-state index is 0.0833. The van der Waals surface area contributed by atoms with Crippen molar-refractivity contribution in [1.82, 2.24) is 0 Å². The van der Waals surface area contributed by atoms with Gasteiger partial charge in [-0.1, -0.05) is 6.92 Å². The van der Waals surface area contributed by atoms with Gasteiger partial charge < -0.3 is 9.15 Å². The van der Waals surface area contributed by atoms with Gasteiger partial charge >= 0.3 is 0 Å². The minimum Gasteiger partial charge on any atom is -0.472 e. The third kappa shape index (κ3) is 2.44. The molecule has 0 N–H and O–H groups in total. The molecular weight excluding hydrogens is 216 g/mol. The lowest BCUT2D eigenvalue weighted by molar-refractivity contribution is -0.0474. The third-order valence-corrected chi connectivity index (χ3v) is 3.70. The first-order chi connectivity index (χ1) is 8.18. The van der Waals surface area contributed by atoms with Gasteiger partial charge in [-0.2, -0.15) is 0 Å². The molecule has 1 aromatic rings. The number of ketones is 1. The van der Waals surface area contributed by atoms with Gasteiger partial charge in [-0.05, 0) is 44.6 Å². The van der Waals surface area contributed by atoms with Crippen molar-refractivity contribution in [2.75, 3.05) is 6.61 Å². The minimum atomic E-state index is -0.606. The predicted octanol–water partition coefficient (Wildman–Crippen LogP) is 3.45. The Morgan fingerprint density at radius 2 is 2.24 bits per heavy atom. The van der Waals surface area contributed by atoms with Crippen molar-refractivity contribution in [1.29, 1.82) is 0 Å². The van der Waals surface area contributed by atoms with Crippen LogP contribution in [0.15, 0.2) is 23.0 Å². The Hall–Kier alpha value is -1.09.